The third kappa shape index (κ3) is 2.60. The van der Waals surface area contributed by atoms with Gasteiger partial charge in [0.15, 0.2) is 0 Å². The highest BCUT2D eigenvalue weighted by Gasteiger charge is 2.07. The van der Waals surface area contributed by atoms with E-state index >= 15 is 0 Å². The molecule has 1 aromatic carbocycles. The van der Waals surface area contributed by atoms with E-state index in [9.17, 15) is 0 Å². The molecule has 1 aromatic heterocycles. The van der Waals surface area contributed by atoms with E-state index in [0.717, 1.165) is 5.56 Å². The molecular formula is C11H12N4O2. The van der Waals surface area contributed by atoms with Crippen LogP contribution in [0.5, 0.6) is 17.8 Å². The van der Waals surface area contributed by atoms with Gasteiger partial charge in [0.05, 0.1) is 7.11 Å². The van der Waals surface area contributed by atoms with Crippen LogP contribution in [0.3, 0.4) is 0 Å². The summed E-state index contributed by atoms with van der Waals surface area (Å²) in [7, 11) is 1.45. The van der Waals surface area contributed by atoms with Crippen LogP contribution in [0, 0.1) is 6.92 Å². The molecule has 0 amide bonds. The van der Waals surface area contributed by atoms with Gasteiger partial charge in [-0.05, 0) is 18.6 Å². The van der Waals surface area contributed by atoms with Crippen molar-refractivity contribution >= 4 is 5.95 Å². The first-order chi connectivity index (χ1) is 8.19. The number of nitrogens with zero attached hydrogens (tertiary/aromatic N) is 3. The summed E-state index contributed by atoms with van der Waals surface area (Å²) in [6.07, 6.45) is 0. The molecule has 0 unspecified atom stereocenters. The van der Waals surface area contributed by atoms with E-state index < -0.39 is 0 Å². The predicted molar refractivity (Wildman–Crippen MR) is 62.0 cm³/mol. The van der Waals surface area contributed by atoms with Gasteiger partial charge in [-0.2, -0.15) is 9.97 Å². The fourth-order valence-corrected chi connectivity index (χ4v) is 1.26. The largest absolute Gasteiger partial charge is 0.467 e. The molecule has 17 heavy (non-hydrogen) atoms. The SMILES string of the molecule is COc1nc(N)nc(Oc2ccccc2C)n1. The number of para-hydroxylation sites is 1. The number of anilines is 1. The van der Waals surface area contributed by atoms with Crippen LogP contribution < -0.4 is 15.2 Å². The summed E-state index contributed by atoms with van der Waals surface area (Å²) in [4.78, 5) is 11.6. The highest BCUT2D eigenvalue weighted by molar-refractivity contribution is 5.34. The quantitative estimate of drug-likeness (QED) is 0.864. The third-order valence-electron chi connectivity index (χ3n) is 2.09. The zero-order valence-corrected chi connectivity index (χ0v) is 9.54. The van der Waals surface area contributed by atoms with E-state index in [0.29, 0.717) is 5.75 Å². The second-order valence-corrected chi connectivity index (χ2v) is 3.33. The molecule has 0 aliphatic carbocycles. The van der Waals surface area contributed by atoms with Crippen molar-refractivity contribution in [2.45, 2.75) is 6.92 Å². The topological polar surface area (TPSA) is 83.2 Å². The Bertz CT molecular complexity index is 531. The van der Waals surface area contributed by atoms with Crippen LogP contribution in [0.4, 0.5) is 5.95 Å². The van der Waals surface area contributed by atoms with Crippen LogP contribution in [0.15, 0.2) is 24.3 Å². The van der Waals surface area contributed by atoms with Gasteiger partial charge in [0.25, 0.3) is 0 Å². The number of nitrogens with two attached hydrogens (primary N) is 1. The van der Waals surface area contributed by atoms with Crippen molar-refractivity contribution in [1.82, 2.24) is 15.0 Å². The van der Waals surface area contributed by atoms with Crippen molar-refractivity contribution in [1.29, 1.82) is 0 Å². The number of hydrogen-bond acceptors (Lipinski definition) is 6. The lowest BCUT2D eigenvalue weighted by Crippen LogP contribution is -2.03. The molecule has 0 atom stereocenters. The molecule has 0 aliphatic heterocycles. The molecule has 88 valence electrons. The van der Waals surface area contributed by atoms with Crippen molar-refractivity contribution in [3.8, 4) is 17.8 Å². The summed E-state index contributed by atoms with van der Waals surface area (Å²) in [5.41, 5.74) is 6.48. The number of aromatic nitrogens is 3. The van der Waals surface area contributed by atoms with Gasteiger partial charge in [-0.25, -0.2) is 0 Å². The molecule has 0 spiro atoms. The van der Waals surface area contributed by atoms with Gasteiger partial charge in [-0.3, -0.25) is 0 Å². The van der Waals surface area contributed by atoms with E-state index in [1.807, 2.05) is 31.2 Å². The van der Waals surface area contributed by atoms with E-state index in [-0.39, 0.29) is 18.0 Å². The number of benzene rings is 1. The van der Waals surface area contributed by atoms with E-state index in [4.69, 9.17) is 15.2 Å². The van der Waals surface area contributed by atoms with Gasteiger partial charge < -0.3 is 15.2 Å². The maximum absolute atomic E-state index is 5.51. The lowest BCUT2D eigenvalue weighted by Gasteiger charge is -2.07. The Balaban J connectivity index is 2.30. The Hall–Kier alpha value is -2.37. The van der Waals surface area contributed by atoms with Crippen molar-refractivity contribution in [2.24, 2.45) is 0 Å². The van der Waals surface area contributed by atoms with E-state index in [2.05, 4.69) is 15.0 Å². The second-order valence-electron chi connectivity index (χ2n) is 3.33. The molecule has 2 aromatic rings. The maximum atomic E-state index is 5.51. The van der Waals surface area contributed by atoms with Crippen LogP contribution in [-0.2, 0) is 0 Å². The number of rotatable bonds is 3. The minimum atomic E-state index is 0.0560. The number of methoxy groups -OCH3 is 1. The van der Waals surface area contributed by atoms with Crippen LogP contribution in [0.2, 0.25) is 0 Å². The first-order valence-electron chi connectivity index (χ1n) is 4.98. The van der Waals surface area contributed by atoms with Gasteiger partial charge in [0, 0.05) is 0 Å². The summed E-state index contributed by atoms with van der Waals surface area (Å²) in [5, 5.41) is 0. The number of ether oxygens (including phenoxy) is 2. The Kier molecular flexibility index (Phi) is 3.04. The maximum Gasteiger partial charge on any atom is 0.330 e. The molecule has 2 rings (SSSR count). The molecular weight excluding hydrogens is 220 g/mol. The summed E-state index contributed by atoms with van der Waals surface area (Å²) >= 11 is 0. The Morgan fingerprint density at radius 2 is 1.76 bits per heavy atom. The monoisotopic (exact) mass is 232 g/mol. The standard InChI is InChI=1S/C11H12N4O2/c1-7-5-3-4-6-8(7)17-11-14-9(12)13-10(15-11)16-2/h3-6H,1-2H3,(H2,12,13,14,15). The predicted octanol–water partition coefficient (Wildman–Crippen LogP) is 1.56. The second kappa shape index (κ2) is 4.65. The molecule has 0 aliphatic rings. The average molecular weight is 232 g/mol. The van der Waals surface area contributed by atoms with Crippen molar-refractivity contribution in [3.05, 3.63) is 29.8 Å². The summed E-state index contributed by atoms with van der Waals surface area (Å²) in [6.45, 7) is 1.93. The van der Waals surface area contributed by atoms with Crippen molar-refractivity contribution in [2.75, 3.05) is 12.8 Å². The molecule has 1 heterocycles. The van der Waals surface area contributed by atoms with Crippen molar-refractivity contribution < 1.29 is 9.47 Å². The van der Waals surface area contributed by atoms with Crippen molar-refractivity contribution in [3.63, 3.8) is 0 Å². The summed E-state index contributed by atoms with van der Waals surface area (Å²) < 4.78 is 10.4. The fourth-order valence-electron chi connectivity index (χ4n) is 1.26. The lowest BCUT2D eigenvalue weighted by atomic mass is 10.2. The first kappa shape index (κ1) is 11.1. The highest BCUT2D eigenvalue weighted by atomic mass is 16.5. The average Bonchev–Trinajstić information content (AvgIpc) is 2.31. The van der Waals surface area contributed by atoms with Crippen LogP contribution in [-0.4, -0.2) is 22.1 Å². The van der Waals surface area contributed by atoms with E-state index in [1.54, 1.807) is 0 Å². The summed E-state index contributed by atoms with van der Waals surface area (Å²) in [6, 6.07) is 7.78. The molecule has 0 bridgehead atoms. The zero-order chi connectivity index (χ0) is 12.3. The van der Waals surface area contributed by atoms with Crippen LogP contribution in [0.25, 0.3) is 0 Å². The molecule has 0 fully saturated rings. The molecule has 0 saturated heterocycles. The smallest absolute Gasteiger partial charge is 0.330 e. The van der Waals surface area contributed by atoms with Gasteiger partial charge in [-0.15, -0.1) is 4.98 Å². The molecule has 2 N–H and O–H groups in total. The van der Waals surface area contributed by atoms with Gasteiger partial charge in [0.1, 0.15) is 5.75 Å². The van der Waals surface area contributed by atoms with E-state index in [1.165, 1.54) is 7.11 Å². The minimum absolute atomic E-state index is 0.0560. The minimum Gasteiger partial charge on any atom is -0.467 e. The molecule has 0 radical (unpaired) electrons. The van der Waals surface area contributed by atoms with Crippen LogP contribution in [0.1, 0.15) is 5.56 Å². The Morgan fingerprint density at radius 1 is 1.06 bits per heavy atom. The Morgan fingerprint density at radius 3 is 2.47 bits per heavy atom. The normalized spacial score (nSPS) is 10.0. The molecule has 6 heteroatoms. The van der Waals surface area contributed by atoms with Crippen LogP contribution >= 0.6 is 0 Å². The van der Waals surface area contributed by atoms with Gasteiger partial charge >= 0.3 is 12.0 Å². The lowest BCUT2D eigenvalue weighted by molar-refractivity contribution is 0.360. The summed E-state index contributed by atoms with van der Waals surface area (Å²) in [5.74, 6) is 0.723. The van der Waals surface area contributed by atoms with Gasteiger partial charge in [0.2, 0.25) is 5.95 Å². The molecule has 6 nitrogen and oxygen atoms in total. The number of nitrogen functional groups attached to an aromatic ring is 1. The fraction of sp³-hybridized carbons (Fsp3) is 0.182. The number of hydrogen-bond donors (Lipinski definition) is 1. The Labute approximate surface area is 98.4 Å². The first-order valence-corrected chi connectivity index (χ1v) is 4.98. The number of aryl methyl sites for hydroxylation is 1. The zero-order valence-electron chi connectivity index (χ0n) is 9.54. The van der Waals surface area contributed by atoms with Gasteiger partial charge in [-0.1, -0.05) is 18.2 Å². The highest BCUT2D eigenvalue weighted by Crippen LogP contribution is 2.22. The third-order valence-corrected chi connectivity index (χ3v) is 2.09. The molecule has 0 saturated carbocycles.